The number of aromatic nitrogens is 2. The lowest BCUT2D eigenvalue weighted by Crippen LogP contribution is -2.14. The molecule has 1 aromatic rings. The molecule has 1 N–H and O–H groups in total. The molecule has 0 aliphatic carbocycles. The van der Waals surface area contributed by atoms with Crippen molar-refractivity contribution in [2.75, 3.05) is 14.1 Å². The van der Waals surface area contributed by atoms with E-state index < -0.39 is 5.97 Å². The summed E-state index contributed by atoms with van der Waals surface area (Å²) in [7, 11) is 3.73. The Morgan fingerprint density at radius 1 is 1.64 bits per heavy atom. The van der Waals surface area contributed by atoms with Crippen LogP contribution in [0.5, 0.6) is 0 Å². The van der Waals surface area contributed by atoms with Gasteiger partial charge in [-0.1, -0.05) is 11.6 Å². The molecule has 0 atom stereocenters. The van der Waals surface area contributed by atoms with Crippen molar-refractivity contribution < 1.29 is 9.90 Å². The van der Waals surface area contributed by atoms with E-state index in [1.165, 1.54) is 6.20 Å². The summed E-state index contributed by atoms with van der Waals surface area (Å²) in [5, 5.41) is 8.64. The monoisotopic (exact) mass is 215 g/mol. The summed E-state index contributed by atoms with van der Waals surface area (Å²) >= 11 is 5.66. The maximum Gasteiger partial charge on any atom is 0.340 e. The van der Waals surface area contributed by atoms with Crippen LogP contribution < -0.4 is 0 Å². The van der Waals surface area contributed by atoms with Gasteiger partial charge in [-0.2, -0.15) is 0 Å². The van der Waals surface area contributed by atoms with Gasteiger partial charge in [-0.15, -0.1) is 0 Å². The molecule has 0 bridgehead atoms. The van der Waals surface area contributed by atoms with E-state index in [-0.39, 0.29) is 10.7 Å². The Morgan fingerprint density at radius 2 is 2.29 bits per heavy atom. The van der Waals surface area contributed by atoms with Gasteiger partial charge in [0.25, 0.3) is 0 Å². The van der Waals surface area contributed by atoms with Crippen molar-refractivity contribution in [3.8, 4) is 0 Å². The van der Waals surface area contributed by atoms with Gasteiger partial charge in [-0.3, -0.25) is 0 Å². The Kier molecular flexibility index (Phi) is 3.38. The molecule has 0 spiro atoms. The molecular formula is C8H10ClN3O2. The highest BCUT2D eigenvalue weighted by Crippen LogP contribution is 2.11. The molecule has 6 heteroatoms. The van der Waals surface area contributed by atoms with Crippen LogP contribution in [0.2, 0.25) is 5.15 Å². The summed E-state index contributed by atoms with van der Waals surface area (Å²) in [6, 6.07) is 0. The Hall–Kier alpha value is -1.20. The Bertz CT molecular complexity index is 354. The van der Waals surface area contributed by atoms with Crippen LogP contribution in [0.1, 0.15) is 16.2 Å². The largest absolute Gasteiger partial charge is 0.478 e. The number of halogens is 1. The predicted octanol–water partition coefficient (Wildman–Crippen LogP) is 0.890. The first-order chi connectivity index (χ1) is 6.50. The highest BCUT2D eigenvalue weighted by Gasteiger charge is 2.11. The minimum Gasteiger partial charge on any atom is -0.478 e. The maximum atomic E-state index is 10.6. The van der Waals surface area contributed by atoms with E-state index in [1.807, 2.05) is 19.0 Å². The normalized spacial score (nSPS) is 10.6. The van der Waals surface area contributed by atoms with Crippen LogP contribution in [0.25, 0.3) is 0 Å². The molecule has 0 radical (unpaired) electrons. The second-order valence-electron chi connectivity index (χ2n) is 3.03. The molecule has 1 rings (SSSR count). The summed E-state index contributed by atoms with van der Waals surface area (Å²) < 4.78 is 0. The molecule has 0 fully saturated rings. The number of carboxylic acids is 1. The topological polar surface area (TPSA) is 66.3 Å². The van der Waals surface area contributed by atoms with Crippen molar-refractivity contribution in [3.63, 3.8) is 0 Å². The number of carboxylic acid groups (broad SMARTS) is 1. The quantitative estimate of drug-likeness (QED) is 0.759. The van der Waals surface area contributed by atoms with Crippen LogP contribution in [-0.4, -0.2) is 40.0 Å². The van der Waals surface area contributed by atoms with Gasteiger partial charge >= 0.3 is 5.97 Å². The molecule has 1 heterocycles. The van der Waals surface area contributed by atoms with Crippen molar-refractivity contribution in [2.45, 2.75) is 6.54 Å². The number of hydrogen-bond acceptors (Lipinski definition) is 4. The van der Waals surface area contributed by atoms with Crippen LogP contribution in [-0.2, 0) is 6.54 Å². The smallest absolute Gasteiger partial charge is 0.340 e. The highest BCUT2D eigenvalue weighted by atomic mass is 35.5. The van der Waals surface area contributed by atoms with E-state index in [0.29, 0.717) is 12.4 Å². The van der Waals surface area contributed by atoms with E-state index in [1.54, 1.807) is 0 Å². The molecule has 5 nitrogen and oxygen atoms in total. The average Bonchev–Trinajstić information content (AvgIpc) is 2.01. The van der Waals surface area contributed by atoms with Crippen molar-refractivity contribution in [2.24, 2.45) is 0 Å². The van der Waals surface area contributed by atoms with Crippen LogP contribution in [0.15, 0.2) is 6.20 Å². The third-order valence-electron chi connectivity index (χ3n) is 1.48. The summed E-state index contributed by atoms with van der Waals surface area (Å²) in [6.07, 6.45) is 1.22. The van der Waals surface area contributed by atoms with Crippen LogP contribution in [0, 0.1) is 0 Å². The van der Waals surface area contributed by atoms with Gasteiger partial charge in [0.2, 0.25) is 0 Å². The fraction of sp³-hybridized carbons (Fsp3) is 0.375. The maximum absolute atomic E-state index is 10.6. The zero-order chi connectivity index (χ0) is 10.7. The lowest BCUT2D eigenvalue weighted by molar-refractivity contribution is 0.0696. The van der Waals surface area contributed by atoms with E-state index in [2.05, 4.69) is 9.97 Å². The lowest BCUT2D eigenvalue weighted by atomic mass is 10.3. The number of rotatable bonds is 3. The molecule has 0 aliphatic rings. The van der Waals surface area contributed by atoms with Gasteiger partial charge in [0, 0.05) is 6.20 Å². The van der Waals surface area contributed by atoms with Gasteiger partial charge in [-0.05, 0) is 14.1 Å². The number of carbonyl (C=O) groups is 1. The molecule has 14 heavy (non-hydrogen) atoms. The van der Waals surface area contributed by atoms with E-state index in [4.69, 9.17) is 16.7 Å². The number of hydrogen-bond donors (Lipinski definition) is 1. The molecule has 0 amide bonds. The van der Waals surface area contributed by atoms with Crippen LogP contribution in [0.3, 0.4) is 0 Å². The number of aromatic carboxylic acids is 1. The highest BCUT2D eigenvalue weighted by molar-refractivity contribution is 6.32. The molecule has 0 saturated heterocycles. The van der Waals surface area contributed by atoms with E-state index in [9.17, 15) is 4.79 Å². The van der Waals surface area contributed by atoms with Gasteiger partial charge in [0.15, 0.2) is 0 Å². The van der Waals surface area contributed by atoms with Gasteiger partial charge < -0.3 is 10.0 Å². The number of nitrogens with zero attached hydrogens (tertiary/aromatic N) is 3. The van der Waals surface area contributed by atoms with Crippen LogP contribution in [0.4, 0.5) is 0 Å². The zero-order valence-corrected chi connectivity index (χ0v) is 8.62. The molecule has 0 unspecified atom stereocenters. The van der Waals surface area contributed by atoms with Crippen molar-refractivity contribution in [1.82, 2.24) is 14.9 Å². The predicted molar refractivity (Wildman–Crippen MR) is 51.4 cm³/mol. The molecule has 0 saturated carbocycles. The molecule has 76 valence electrons. The average molecular weight is 216 g/mol. The summed E-state index contributed by atoms with van der Waals surface area (Å²) in [4.78, 5) is 20.2. The summed E-state index contributed by atoms with van der Waals surface area (Å²) in [5.41, 5.74) is -0.0748. The van der Waals surface area contributed by atoms with Crippen LogP contribution >= 0.6 is 11.6 Å². The van der Waals surface area contributed by atoms with E-state index in [0.717, 1.165) is 0 Å². The van der Waals surface area contributed by atoms with Gasteiger partial charge in [0.05, 0.1) is 6.54 Å². The SMILES string of the molecule is CN(C)Cc1ncc(C(=O)O)c(Cl)n1. The first-order valence-electron chi connectivity index (χ1n) is 3.90. The fourth-order valence-corrected chi connectivity index (χ4v) is 1.12. The Balaban J connectivity index is 2.94. The minimum absolute atomic E-state index is 0.0237. The first kappa shape index (κ1) is 10.9. The van der Waals surface area contributed by atoms with Crippen molar-refractivity contribution in [1.29, 1.82) is 0 Å². The second kappa shape index (κ2) is 4.34. The molecule has 0 aromatic carbocycles. The Morgan fingerprint density at radius 3 is 2.71 bits per heavy atom. The lowest BCUT2D eigenvalue weighted by Gasteiger charge is -2.08. The van der Waals surface area contributed by atoms with Crippen molar-refractivity contribution in [3.05, 3.63) is 22.7 Å². The minimum atomic E-state index is -1.12. The Labute approximate surface area is 86.3 Å². The second-order valence-corrected chi connectivity index (χ2v) is 3.39. The van der Waals surface area contributed by atoms with Crippen molar-refractivity contribution >= 4 is 17.6 Å². The third kappa shape index (κ3) is 2.65. The zero-order valence-electron chi connectivity index (χ0n) is 7.86. The molecular weight excluding hydrogens is 206 g/mol. The third-order valence-corrected chi connectivity index (χ3v) is 1.77. The standard InChI is InChI=1S/C8H10ClN3O2/c1-12(2)4-6-10-3-5(8(13)14)7(9)11-6/h3H,4H2,1-2H3,(H,13,14). The molecule has 1 aromatic heterocycles. The first-order valence-corrected chi connectivity index (χ1v) is 4.28. The van der Waals surface area contributed by atoms with Gasteiger partial charge in [-0.25, -0.2) is 14.8 Å². The summed E-state index contributed by atoms with van der Waals surface area (Å²) in [6.45, 7) is 0.527. The molecule has 0 aliphatic heterocycles. The summed E-state index contributed by atoms with van der Waals surface area (Å²) in [5.74, 6) is -0.614. The van der Waals surface area contributed by atoms with E-state index >= 15 is 0 Å². The van der Waals surface area contributed by atoms with Gasteiger partial charge in [0.1, 0.15) is 16.5 Å². The fourth-order valence-electron chi connectivity index (χ4n) is 0.897.